The molecule has 0 aliphatic carbocycles. The molecule has 1 aromatic heterocycles. The Kier molecular flexibility index (Phi) is 6.41. The van der Waals surface area contributed by atoms with Crippen molar-refractivity contribution >= 4 is 46.0 Å². The van der Waals surface area contributed by atoms with Gasteiger partial charge in [0.15, 0.2) is 0 Å². The summed E-state index contributed by atoms with van der Waals surface area (Å²) < 4.78 is 5.11. The summed E-state index contributed by atoms with van der Waals surface area (Å²) in [4.78, 5) is 60.1. The van der Waals surface area contributed by atoms with Crippen LogP contribution in [0.5, 0.6) is 0 Å². The number of aromatic nitrogens is 2. The van der Waals surface area contributed by atoms with E-state index in [0.29, 0.717) is 44.2 Å². The molecule has 0 saturated carbocycles. The Hall–Kier alpha value is -4.21. The molecule has 1 saturated heterocycles. The summed E-state index contributed by atoms with van der Waals surface area (Å²) in [7, 11) is 0. The van der Waals surface area contributed by atoms with E-state index in [-0.39, 0.29) is 35.6 Å². The molecule has 0 radical (unpaired) electrons. The first kappa shape index (κ1) is 23.5. The van der Waals surface area contributed by atoms with Crippen LogP contribution in [0.3, 0.4) is 0 Å². The molecular weight excluding hydrogens is 462 g/mol. The number of carbonyl (C=O) groups is 3. The molecule has 3 heterocycles. The molecule has 2 aromatic carbocycles. The average molecular weight is 490 g/mol. The quantitative estimate of drug-likeness (QED) is 0.469. The molecule has 0 unspecified atom stereocenters. The summed E-state index contributed by atoms with van der Waals surface area (Å²) in [6.07, 6.45) is 0.989. The lowest BCUT2D eigenvalue weighted by Gasteiger charge is -2.32. The number of carbonyl (C=O) groups excluding carboxylic acids is 3. The molecule has 0 spiro atoms. The number of fused-ring (bicyclic) bond motifs is 2. The van der Waals surface area contributed by atoms with Crippen LogP contribution in [-0.4, -0.2) is 47.4 Å². The number of hydrogen-bond acceptors (Lipinski definition) is 7. The first-order valence-corrected chi connectivity index (χ1v) is 12.1. The van der Waals surface area contributed by atoms with Gasteiger partial charge in [-0.25, -0.2) is 0 Å². The monoisotopic (exact) mass is 489 g/mol. The van der Waals surface area contributed by atoms with Crippen LogP contribution >= 0.6 is 0 Å². The summed E-state index contributed by atoms with van der Waals surface area (Å²) in [5.41, 5.74) is 0.272. The maximum absolute atomic E-state index is 13.3. The molecular formula is C26H27N5O5. The van der Waals surface area contributed by atoms with Gasteiger partial charge in [-0.1, -0.05) is 36.4 Å². The van der Waals surface area contributed by atoms with E-state index in [0.717, 1.165) is 10.8 Å². The number of nitrogens with zero attached hydrogens (tertiary/aromatic N) is 2. The molecule has 0 bridgehead atoms. The fourth-order valence-electron chi connectivity index (χ4n) is 4.87. The minimum absolute atomic E-state index is 0.0931. The minimum Gasteiger partial charge on any atom is -0.466 e. The van der Waals surface area contributed by atoms with Gasteiger partial charge in [0.25, 0.3) is 5.56 Å². The lowest BCUT2D eigenvalue weighted by atomic mass is 9.92. The number of ether oxygens (including phenoxy) is 1. The molecule has 2 amide bonds. The highest BCUT2D eigenvalue weighted by Gasteiger charge is 2.36. The topological polar surface area (TPSA) is 133 Å². The van der Waals surface area contributed by atoms with E-state index in [1.165, 1.54) is 0 Å². The fourth-order valence-corrected chi connectivity index (χ4v) is 4.87. The number of benzene rings is 2. The van der Waals surface area contributed by atoms with Crippen molar-refractivity contribution in [2.24, 2.45) is 5.92 Å². The van der Waals surface area contributed by atoms with Gasteiger partial charge in [-0.3, -0.25) is 24.2 Å². The van der Waals surface area contributed by atoms with E-state index in [9.17, 15) is 19.2 Å². The summed E-state index contributed by atoms with van der Waals surface area (Å²) in [5.74, 6) is -1.81. The number of H-pyrrole nitrogens is 1. The first-order chi connectivity index (χ1) is 17.4. The molecule has 3 aromatic rings. The predicted octanol–water partition coefficient (Wildman–Crippen LogP) is 2.77. The number of piperidine rings is 1. The Morgan fingerprint density at radius 3 is 2.64 bits per heavy atom. The zero-order valence-electron chi connectivity index (χ0n) is 19.9. The van der Waals surface area contributed by atoms with Gasteiger partial charge < -0.3 is 20.3 Å². The zero-order chi connectivity index (χ0) is 25.2. The van der Waals surface area contributed by atoms with E-state index >= 15 is 0 Å². The Morgan fingerprint density at radius 1 is 1.11 bits per heavy atom. The third-order valence-electron chi connectivity index (χ3n) is 6.72. The van der Waals surface area contributed by atoms with Crippen molar-refractivity contribution in [2.45, 2.75) is 32.1 Å². The summed E-state index contributed by atoms with van der Waals surface area (Å²) in [5, 5.41) is 7.37. The standard InChI is InChI=1S/C26H27N5O5/c1-2-36-25(35)16-10-12-31(13-11-16)26-29-22-21(24(34)30-26)18(14-20(32)28-22)23(33)27-19-9-5-7-15-6-3-4-8-17(15)19/h3-9,16,18H,2,10-14H2,1H3,(H,27,33)(H2,28,29,30,32,34)/t18-/m0/s1. The number of amides is 2. The Balaban J connectivity index is 1.38. The predicted molar refractivity (Wildman–Crippen MR) is 135 cm³/mol. The van der Waals surface area contributed by atoms with Crippen LogP contribution in [0.15, 0.2) is 47.3 Å². The summed E-state index contributed by atoms with van der Waals surface area (Å²) >= 11 is 0. The van der Waals surface area contributed by atoms with Crippen LogP contribution in [0.25, 0.3) is 10.8 Å². The third kappa shape index (κ3) is 4.53. The van der Waals surface area contributed by atoms with Crippen LogP contribution in [0.4, 0.5) is 17.5 Å². The zero-order valence-corrected chi connectivity index (χ0v) is 19.9. The number of nitrogens with one attached hydrogen (secondary N) is 3. The van der Waals surface area contributed by atoms with Gasteiger partial charge in [0.05, 0.1) is 24.0 Å². The fraction of sp³-hybridized carbons (Fsp3) is 0.346. The Bertz CT molecular complexity index is 1390. The number of rotatable bonds is 5. The van der Waals surface area contributed by atoms with Crippen molar-refractivity contribution in [3.63, 3.8) is 0 Å². The number of aromatic amines is 1. The normalized spacial score (nSPS) is 17.9. The molecule has 2 aliphatic rings. The van der Waals surface area contributed by atoms with Crippen LogP contribution in [0.1, 0.15) is 37.7 Å². The molecule has 186 valence electrons. The van der Waals surface area contributed by atoms with Gasteiger partial charge in [0, 0.05) is 30.6 Å². The molecule has 1 fully saturated rings. The average Bonchev–Trinajstić information content (AvgIpc) is 2.88. The highest BCUT2D eigenvalue weighted by molar-refractivity contribution is 6.08. The van der Waals surface area contributed by atoms with Crippen molar-refractivity contribution in [1.29, 1.82) is 0 Å². The highest BCUT2D eigenvalue weighted by atomic mass is 16.5. The summed E-state index contributed by atoms with van der Waals surface area (Å²) in [6, 6.07) is 13.2. The van der Waals surface area contributed by atoms with Gasteiger partial charge in [-0.2, -0.15) is 4.98 Å². The van der Waals surface area contributed by atoms with E-state index < -0.39 is 17.4 Å². The number of hydrogen-bond donors (Lipinski definition) is 3. The second kappa shape index (κ2) is 9.80. The van der Waals surface area contributed by atoms with Crippen molar-refractivity contribution in [3.8, 4) is 0 Å². The number of anilines is 3. The van der Waals surface area contributed by atoms with Crippen LogP contribution in [0, 0.1) is 5.92 Å². The van der Waals surface area contributed by atoms with E-state index in [2.05, 4.69) is 20.6 Å². The Morgan fingerprint density at radius 2 is 1.86 bits per heavy atom. The molecule has 3 N–H and O–H groups in total. The Labute approximate surface area is 207 Å². The van der Waals surface area contributed by atoms with Crippen LogP contribution in [0.2, 0.25) is 0 Å². The molecule has 10 nitrogen and oxygen atoms in total. The lowest BCUT2D eigenvalue weighted by molar-refractivity contribution is -0.148. The van der Waals surface area contributed by atoms with E-state index in [1.54, 1.807) is 13.0 Å². The van der Waals surface area contributed by atoms with E-state index in [1.807, 2.05) is 41.3 Å². The molecule has 2 aliphatic heterocycles. The van der Waals surface area contributed by atoms with Crippen molar-refractivity contribution < 1.29 is 19.1 Å². The minimum atomic E-state index is -0.979. The second-order valence-electron chi connectivity index (χ2n) is 8.99. The van der Waals surface area contributed by atoms with Crippen molar-refractivity contribution in [2.75, 3.05) is 35.2 Å². The first-order valence-electron chi connectivity index (χ1n) is 12.1. The van der Waals surface area contributed by atoms with Gasteiger partial charge in [-0.05, 0) is 31.2 Å². The van der Waals surface area contributed by atoms with Gasteiger partial charge in [-0.15, -0.1) is 0 Å². The highest BCUT2D eigenvalue weighted by Crippen LogP contribution is 2.32. The smallest absolute Gasteiger partial charge is 0.309 e. The van der Waals surface area contributed by atoms with Gasteiger partial charge in [0.2, 0.25) is 17.8 Å². The van der Waals surface area contributed by atoms with Gasteiger partial charge in [0.1, 0.15) is 5.82 Å². The maximum atomic E-state index is 13.3. The summed E-state index contributed by atoms with van der Waals surface area (Å²) in [6.45, 7) is 3.13. The number of esters is 1. The molecule has 1 atom stereocenters. The maximum Gasteiger partial charge on any atom is 0.309 e. The van der Waals surface area contributed by atoms with Crippen LogP contribution < -0.4 is 21.1 Å². The SMILES string of the molecule is CCOC(=O)C1CCN(c2nc3c(c(=O)[nH]2)[C@@H](C(=O)Nc2cccc4ccccc24)CC(=O)N3)CC1. The molecule has 36 heavy (non-hydrogen) atoms. The van der Waals surface area contributed by atoms with Crippen molar-refractivity contribution in [3.05, 3.63) is 58.4 Å². The largest absolute Gasteiger partial charge is 0.466 e. The van der Waals surface area contributed by atoms with Crippen LogP contribution in [-0.2, 0) is 19.1 Å². The van der Waals surface area contributed by atoms with Crippen molar-refractivity contribution in [1.82, 2.24) is 9.97 Å². The molecule has 5 rings (SSSR count). The van der Waals surface area contributed by atoms with Gasteiger partial charge >= 0.3 is 5.97 Å². The molecule has 10 heteroatoms. The third-order valence-corrected chi connectivity index (χ3v) is 6.72. The van der Waals surface area contributed by atoms with E-state index in [4.69, 9.17) is 4.74 Å². The lowest BCUT2D eigenvalue weighted by Crippen LogP contribution is -2.41. The second-order valence-corrected chi connectivity index (χ2v) is 8.99.